The summed E-state index contributed by atoms with van der Waals surface area (Å²) in [7, 11) is 5.46. The van der Waals surface area contributed by atoms with Crippen LogP contribution in [0.3, 0.4) is 0 Å². The molecule has 0 radical (unpaired) electrons. The first kappa shape index (κ1) is 26.4. The zero-order valence-corrected chi connectivity index (χ0v) is 21.2. The van der Waals surface area contributed by atoms with Gasteiger partial charge in [0, 0.05) is 25.7 Å². The lowest BCUT2D eigenvalue weighted by Crippen LogP contribution is -2.51. The summed E-state index contributed by atoms with van der Waals surface area (Å²) < 4.78 is 6.27. The SMILES string of the molecule is C[C@H]1CN([C@@H](C)CO)C(=O)c2cc(/C=C/c3ccccc3)cnc2O[C@H]1CN(C)C(=O)CN(C)C. The van der Waals surface area contributed by atoms with Crippen LogP contribution in [0.1, 0.15) is 35.3 Å². The van der Waals surface area contributed by atoms with Gasteiger partial charge in [-0.15, -0.1) is 0 Å². The third kappa shape index (κ3) is 6.90. The highest BCUT2D eigenvalue weighted by atomic mass is 16.5. The maximum Gasteiger partial charge on any atom is 0.259 e. The average molecular weight is 481 g/mol. The van der Waals surface area contributed by atoms with Crippen LogP contribution in [0.4, 0.5) is 0 Å². The molecule has 2 aromatic rings. The Hall–Kier alpha value is -3.23. The zero-order valence-electron chi connectivity index (χ0n) is 21.2. The Morgan fingerprint density at radius 3 is 2.57 bits per heavy atom. The van der Waals surface area contributed by atoms with E-state index in [4.69, 9.17) is 4.74 Å². The van der Waals surface area contributed by atoms with Crippen LogP contribution in [0.25, 0.3) is 12.2 Å². The topological polar surface area (TPSA) is 86.2 Å². The van der Waals surface area contributed by atoms with E-state index in [1.165, 1.54) is 0 Å². The van der Waals surface area contributed by atoms with Gasteiger partial charge in [-0.2, -0.15) is 0 Å². The lowest BCUT2D eigenvalue weighted by atomic mass is 9.99. The average Bonchev–Trinajstić information content (AvgIpc) is 2.84. The molecular formula is C27H36N4O4. The summed E-state index contributed by atoms with van der Waals surface area (Å²) in [5.74, 6) is -0.0902. The third-order valence-electron chi connectivity index (χ3n) is 6.14. The molecule has 3 atom stereocenters. The summed E-state index contributed by atoms with van der Waals surface area (Å²) >= 11 is 0. The van der Waals surface area contributed by atoms with Crippen molar-refractivity contribution in [3.05, 3.63) is 59.3 Å². The Kier molecular flexibility index (Phi) is 9.01. The van der Waals surface area contributed by atoms with Crippen LogP contribution < -0.4 is 4.74 Å². The molecule has 2 amide bonds. The molecular weight excluding hydrogens is 444 g/mol. The first-order chi connectivity index (χ1) is 16.7. The molecule has 0 fully saturated rings. The number of aliphatic hydroxyl groups is 1. The van der Waals surface area contributed by atoms with E-state index in [1.54, 1.807) is 29.1 Å². The number of pyridine rings is 1. The fourth-order valence-electron chi connectivity index (χ4n) is 3.95. The van der Waals surface area contributed by atoms with E-state index in [0.717, 1.165) is 11.1 Å². The lowest BCUT2D eigenvalue weighted by molar-refractivity contribution is -0.132. The van der Waals surface area contributed by atoms with Crippen molar-refractivity contribution in [1.82, 2.24) is 19.7 Å². The van der Waals surface area contributed by atoms with Gasteiger partial charge in [-0.25, -0.2) is 4.98 Å². The predicted molar refractivity (Wildman–Crippen MR) is 137 cm³/mol. The Bertz CT molecular complexity index is 1040. The maximum atomic E-state index is 13.5. The van der Waals surface area contributed by atoms with Gasteiger partial charge < -0.3 is 24.5 Å². The number of likely N-dealkylation sites (N-methyl/N-ethyl adjacent to an activating group) is 2. The number of rotatable bonds is 8. The van der Waals surface area contributed by atoms with E-state index < -0.39 is 0 Å². The Morgan fingerprint density at radius 1 is 1.23 bits per heavy atom. The second-order valence-electron chi connectivity index (χ2n) is 9.50. The number of hydrogen-bond acceptors (Lipinski definition) is 6. The van der Waals surface area contributed by atoms with Crippen molar-refractivity contribution in [2.45, 2.75) is 26.0 Å². The largest absolute Gasteiger partial charge is 0.472 e. The van der Waals surface area contributed by atoms with Crippen molar-refractivity contribution in [3.63, 3.8) is 0 Å². The third-order valence-corrected chi connectivity index (χ3v) is 6.14. The van der Waals surface area contributed by atoms with Crippen LogP contribution in [0.2, 0.25) is 0 Å². The minimum atomic E-state index is -0.371. The van der Waals surface area contributed by atoms with E-state index >= 15 is 0 Å². The minimum absolute atomic E-state index is 0.0147. The fraction of sp³-hybridized carbons (Fsp3) is 0.444. The van der Waals surface area contributed by atoms with Gasteiger partial charge >= 0.3 is 0 Å². The molecule has 0 aliphatic carbocycles. The van der Waals surface area contributed by atoms with Crippen molar-refractivity contribution in [3.8, 4) is 5.88 Å². The molecule has 1 aliphatic heterocycles. The summed E-state index contributed by atoms with van der Waals surface area (Å²) in [6.07, 6.45) is 5.17. The van der Waals surface area contributed by atoms with Crippen LogP contribution in [0, 0.1) is 5.92 Å². The van der Waals surface area contributed by atoms with Crippen LogP contribution in [-0.4, -0.2) is 96.1 Å². The van der Waals surface area contributed by atoms with Crippen LogP contribution >= 0.6 is 0 Å². The van der Waals surface area contributed by atoms with Gasteiger partial charge in [-0.3, -0.25) is 9.59 Å². The Balaban J connectivity index is 1.93. The van der Waals surface area contributed by atoms with Gasteiger partial charge in [-0.1, -0.05) is 49.4 Å². The molecule has 8 heteroatoms. The van der Waals surface area contributed by atoms with Crippen LogP contribution in [0.5, 0.6) is 5.88 Å². The molecule has 0 saturated carbocycles. The number of carbonyl (C=O) groups is 2. The molecule has 2 heterocycles. The summed E-state index contributed by atoms with van der Waals surface area (Å²) in [5.41, 5.74) is 2.15. The summed E-state index contributed by atoms with van der Waals surface area (Å²) in [4.78, 5) is 35.7. The molecule has 35 heavy (non-hydrogen) atoms. The van der Waals surface area contributed by atoms with E-state index in [9.17, 15) is 14.7 Å². The van der Waals surface area contributed by atoms with Gasteiger partial charge in [0.2, 0.25) is 11.8 Å². The second-order valence-corrected chi connectivity index (χ2v) is 9.50. The van der Waals surface area contributed by atoms with Gasteiger partial charge in [-0.05, 0) is 38.2 Å². The normalized spacial score (nSPS) is 19.2. The van der Waals surface area contributed by atoms with Gasteiger partial charge in [0.1, 0.15) is 11.7 Å². The number of ether oxygens (including phenoxy) is 1. The van der Waals surface area contributed by atoms with Gasteiger partial charge in [0.15, 0.2) is 0 Å². The smallest absolute Gasteiger partial charge is 0.259 e. The number of amides is 2. The van der Waals surface area contributed by atoms with Crippen LogP contribution in [-0.2, 0) is 4.79 Å². The number of benzene rings is 1. The quantitative estimate of drug-likeness (QED) is 0.625. The van der Waals surface area contributed by atoms with Crippen molar-refractivity contribution >= 4 is 24.0 Å². The monoisotopic (exact) mass is 480 g/mol. The Labute approximate surface area is 207 Å². The number of hydrogen-bond donors (Lipinski definition) is 1. The molecule has 0 bridgehead atoms. The molecule has 1 aromatic heterocycles. The van der Waals surface area contributed by atoms with Gasteiger partial charge in [0.25, 0.3) is 5.91 Å². The number of carbonyl (C=O) groups excluding carboxylic acids is 2. The molecule has 0 spiro atoms. The van der Waals surface area contributed by atoms with Crippen molar-refractivity contribution in [1.29, 1.82) is 0 Å². The molecule has 3 rings (SSSR count). The highest BCUT2D eigenvalue weighted by Crippen LogP contribution is 2.28. The molecule has 188 valence electrons. The zero-order chi connectivity index (χ0) is 25.5. The number of fused-ring (bicyclic) bond motifs is 1. The first-order valence-corrected chi connectivity index (χ1v) is 11.9. The standard InChI is InChI=1S/C27H36N4O4/c1-19-15-31(20(2)18-32)27(34)23-13-22(12-11-21-9-7-6-8-10-21)14-28-26(23)35-24(19)16-30(5)25(33)17-29(3)4/h6-14,19-20,24,32H,15-18H2,1-5H3/b12-11+/t19-,20-,24-/m0/s1. The summed E-state index contributed by atoms with van der Waals surface area (Å²) in [6.45, 7) is 4.71. The van der Waals surface area contributed by atoms with E-state index in [1.807, 2.05) is 75.3 Å². The molecule has 1 aliphatic rings. The fourth-order valence-corrected chi connectivity index (χ4v) is 3.95. The molecule has 1 N–H and O–H groups in total. The highest BCUT2D eigenvalue weighted by Gasteiger charge is 2.34. The highest BCUT2D eigenvalue weighted by molar-refractivity contribution is 5.97. The predicted octanol–water partition coefficient (Wildman–Crippen LogP) is 2.49. The number of nitrogens with zero attached hydrogens (tertiary/aromatic N) is 4. The first-order valence-electron chi connectivity index (χ1n) is 11.9. The van der Waals surface area contributed by atoms with Crippen molar-refractivity contribution in [2.75, 3.05) is 47.4 Å². The number of aromatic nitrogens is 1. The molecule has 8 nitrogen and oxygen atoms in total. The van der Waals surface area contributed by atoms with Crippen molar-refractivity contribution < 1.29 is 19.4 Å². The minimum Gasteiger partial charge on any atom is -0.472 e. The molecule has 0 saturated heterocycles. The van der Waals surface area contributed by atoms with E-state index in [0.29, 0.717) is 25.2 Å². The van der Waals surface area contributed by atoms with Crippen molar-refractivity contribution in [2.24, 2.45) is 5.92 Å². The van der Waals surface area contributed by atoms with E-state index in [2.05, 4.69) is 4.98 Å². The molecule has 1 aromatic carbocycles. The van der Waals surface area contributed by atoms with E-state index in [-0.39, 0.29) is 42.4 Å². The molecule has 0 unspecified atom stereocenters. The van der Waals surface area contributed by atoms with Crippen LogP contribution in [0.15, 0.2) is 42.6 Å². The maximum absolute atomic E-state index is 13.5. The Morgan fingerprint density at radius 2 is 1.91 bits per heavy atom. The number of aliphatic hydroxyl groups excluding tert-OH is 1. The summed E-state index contributed by atoms with van der Waals surface area (Å²) in [6, 6.07) is 11.3. The second kappa shape index (κ2) is 12.0. The lowest BCUT2D eigenvalue weighted by Gasteiger charge is -2.37. The van der Waals surface area contributed by atoms with Gasteiger partial charge in [0.05, 0.1) is 25.7 Å². The summed E-state index contributed by atoms with van der Waals surface area (Å²) in [5, 5.41) is 9.82.